The molecule has 1 nitrogen and oxygen atoms in total. The molecule has 0 saturated carbocycles. The van der Waals surface area contributed by atoms with Crippen molar-refractivity contribution in [3.05, 3.63) is 41.7 Å². The van der Waals surface area contributed by atoms with E-state index in [1.165, 1.54) is 22.0 Å². The van der Waals surface area contributed by atoms with Crippen LogP contribution in [0.5, 0.6) is 0 Å². The Bertz CT molecular complexity index is 498. The highest BCUT2D eigenvalue weighted by Gasteiger charge is 2.07. The summed E-state index contributed by atoms with van der Waals surface area (Å²) in [4.78, 5) is 4.51. The minimum absolute atomic E-state index is 0.490. The number of pyridine rings is 1. The van der Waals surface area contributed by atoms with E-state index in [-0.39, 0.29) is 0 Å². The second kappa shape index (κ2) is 4.25. The summed E-state index contributed by atoms with van der Waals surface area (Å²) in [6.45, 7) is 8.85. The lowest BCUT2D eigenvalue weighted by molar-refractivity contribution is 0.824. The molecule has 2 rings (SSSR count). The molecule has 0 unspecified atom stereocenters. The van der Waals surface area contributed by atoms with E-state index < -0.39 is 0 Å². The molecule has 2 aromatic rings. The molecule has 0 amide bonds. The van der Waals surface area contributed by atoms with E-state index in [4.69, 9.17) is 0 Å². The summed E-state index contributed by atoms with van der Waals surface area (Å²) in [7, 11) is 0. The molecule has 1 aromatic carbocycles. The Morgan fingerprint density at radius 2 is 1.75 bits per heavy atom. The van der Waals surface area contributed by atoms with Crippen molar-refractivity contribution in [3.8, 4) is 0 Å². The molecule has 1 heteroatoms. The van der Waals surface area contributed by atoms with Gasteiger partial charge < -0.3 is 0 Å². The molecule has 0 bridgehead atoms. The van der Waals surface area contributed by atoms with E-state index in [0.29, 0.717) is 11.8 Å². The van der Waals surface area contributed by atoms with Gasteiger partial charge in [-0.05, 0) is 28.9 Å². The number of aromatic nitrogens is 1. The van der Waals surface area contributed by atoms with Crippen molar-refractivity contribution in [2.75, 3.05) is 0 Å². The van der Waals surface area contributed by atoms with Crippen LogP contribution in [0.25, 0.3) is 10.8 Å². The molecule has 0 fully saturated rings. The lowest BCUT2D eigenvalue weighted by Crippen LogP contribution is -1.95. The maximum atomic E-state index is 4.51. The van der Waals surface area contributed by atoms with Gasteiger partial charge in [0, 0.05) is 17.3 Å². The van der Waals surface area contributed by atoms with Gasteiger partial charge in [0.15, 0.2) is 0 Å². The van der Waals surface area contributed by atoms with E-state index in [2.05, 4.69) is 56.9 Å². The van der Waals surface area contributed by atoms with Crippen molar-refractivity contribution in [3.63, 3.8) is 0 Å². The van der Waals surface area contributed by atoms with Crippen LogP contribution >= 0.6 is 0 Å². The zero-order valence-electron chi connectivity index (χ0n) is 10.5. The smallest absolute Gasteiger partial charge is 0.0435 e. The highest BCUT2D eigenvalue weighted by atomic mass is 14.7. The van der Waals surface area contributed by atoms with Gasteiger partial charge in [0.25, 0.3) is 0 Å². The summed E-state index contributed by atoms with van der Waals surface area (Å²) in [6.07, 6.45) is 2.00. The standard InChI is InChI=1S/C15H19N/c1-10(2)13-7-5-6-12-9-16-15(11(3)4)8-14(12)13/h5-11H,1-4H3. The quantitative estimate of drug-likeness (QED) is 0.716. The monoisotopic (exact) mass is 213 g/mol. The Hall–Kier alpha value is -1.37. The van der Waals surface area contributed by atoms with Gasteiger partial charge >= 0.3 is 0 Å². The topological polar surface area (TPSA) is 12.9 Å². The summed E-state index contributed by atoms with van der Waals surface area (Å²) < 4.78 is 0. The van der Waals surface area contributed by atoms with Crippen LogP contribution in [0.1, 0.15) is 50.8 Å². The molecule has 0 aliphatic rings. The van der Waals surface area contributed by atoms with E-state index in [0.717, 1.165) is 0 Å². The van der Waals surface area contributed by atoms with E-state index in [9.17, 15) is 0 Å². The average Bonchev–Trinajstić information content (AvgIpc) is 2.27. The van der Waals surface area contributed by atoms with E-state index in [1.54, 1.807) is 0 Å². The highest BCUT2D eigenvalue weighted by molar-refractivity contribution is 5.85. The number of fused-ring (bicyclic) bond motifs is 1. The van der Waals surface area contributed by atoms with Crippen LogP contribution < -0.4 is 0 Å². The fourth-order valence-electron chi connectivity index (χ4n) is 2.03. The van der Waals surface area contributed by atoms with Crippen molar-refractivity contribution in [2.45, 2.75) is 39.5 Å². The Morgan fingerprint density at radius 1 is 1.00 bits per heavy atom. The molecule has 0 atom stereocenters. The third-order valence-corrected chi connectivity index (χ3v) is 3.03. The minimum Gasteiger partial charge on any atom is -0.260 e. The summed E-state index contributed by atoms with van der Waals surface area (Å²) in [5.41, 5.74) is 2.60. The Labute approximate surface area is 97.5 Å². The van der Waals surface area contributed by atoms with Crippen LogP contribution in [0.15, 0.2) is 30.5 Å². The third kappa shape index (κ3) is 1.95. The number of hydrogen-bond donors (Lipinski definition) is 0. The average molecular weight is 213 g/mol. The van der Waals surface area contributed by atoms with Crippen molar-refractivity contribution >= 4 is 10.8 Å². The molecular weight excluding hydrogens is 194 g/mol. The summed E-state index contributed by atoms with van der Waals surface area (Å²) in [6, 6.07) is 8.72. The Balaban J connectivity index is 2.68. The fourth-order valence-corrected chi connectivity index (χ4v) is 2.03. The first-order chi connectivity index (χ1) is 7.59. The van der Waals surface area contributed by atoms with E-state index in [1.807, 2.05) is 6.20 Å². The van der Waals surface area contributed by atoms with Crippen LogP contribution in [0, 0.1) is 0 Å². The van der Waals surface area contributed by atoms with Gasteiger partial charge in [-0.15, -0.1) is 0 Å². The fraction of sp³-hybridized carbons (Fsp3) is 0.400. The first-order valence-corrected chi connectivity index (χ1v) is 5.98. The maximum absolute atomic E-state index is 4.51. The molecule has 16 heavy (non-hydrogen) atoms. The van der Waals surface area contributed by atoms with Gasteiger partial charge in [0.05, 0.1) is 0 Å². The number of nitrogens with zero attached hydrogens (tertiary/aromatic N) is 1. The van der Waals surface area contributed by atoms with Gasteiger partial charge in [-0.3, -0.25) is 4.98 Å². The van der Waals surface area contributed by atoms with Gasteiger partial charge in [0.2, 0.25) is 0 Å². The van der Waals surface area contributed by atoms with Gasteiger partial charge in [-0.2, -0.15) is 0 Å². The Morgan fingerprint density at radius 3 is 2.38 bits per heavy atom. The van der Waals surface area contributed by atoms with Crippen LogP contribution in [0.3, 0.4) is 0 Å². The lowest BCUT2D eigenvalue weighted by atomic mass is 9.95. The molecule has 0 aliphatic carbocycles. The van der Waals surface area contributed by atoms with Gasteiger partial charge in [0.1, 0.15) is 0 Å². The molecule has 0 radical (unpaired) electrons. The van der Waals surface area contributed by atoms with Crippen molar-refractivity contribution in [1.29, 1.82) is 0 Å². The summed E-state index contributed by atoms with van der Waals surface area (Å²) in [5, 5.41) is 2.60. The molecular formula is C15H19N. The zero-order chi connectivity index (χ0) is 11.7. The molecule has 1 heterocycles. The van der Waals surface area contributed by atoms with Gasteiger partial charge in [-0.25, -0.2) is 0 Å². The predicted octanol–water partition coefficient (Wildman–Crippen LogP) is 4.48. The number of hydrogen-bond acceptors (Lipinski definition) is 1. The molecule has 0 spiro atoms. The minimum atomic E-state index is 0.490. The van der Waals surface area contributed by atoms with Crippen molar-refractivity contribution in [2.24, 2.45) is 0 Å². The van der Waals surface area contributed by atoms with Crippen LogP contribution in [0.2, 0.25) is 0 Å². The molecule has 84 valence electrons. The van der Waals surface area contributed by atoms with Crippen LogP contribution in [-0.2, 0) is 0 Å². The molecule has 0 saturated heterocycles. The lowest BCUT2D eigenvalue weighted by Gasteiger charge is -2.12. The highest BCUT2D eigenvalue weighted by Crippen LogP contribution is 2.26. The maximum Gasteiger partial charge on any atom is 0.0435 e. The Kier molecular flexibility index (Phi) is 2.95. The number of benzene rings is 1. The molecule has 1 aromatic heterocycles. The second-order valence-corrected chi connectivity index (χ2v) is 4.99. The number of rotatable bonds is 2. The summed E-state index contributed by atoms with van der Waals surface area (Å²) in [5.74, 6) is 1.05. The SMILES string of the molecule is CC(C)c1cc2c(C(C)C)cccc2cn1. The predicted molar refractivity (Wildman–Crippen MR) is 69.9 cm³/mol. The van der Waals surface area contributed by atoms with Crippen LogP contribution in [-0.4, -0.2) is 4.98 Å². The largest absolute Gasteiger partial charge is 0.260 e. The first-order valence-electron chi connectivity index (χ1n) is 5.98. The van der Waals surface area contributed by atoms with E-state index >= 15 is 0 Å². The second-order valence-electron chi connectivity index (χ2n) is 4.99. The van der Waals surface area contributed by atoms with Crippen molar-refractivity contribution in [1.82, 2.24) is 4.98 Å². The molecule has 0 N–H and O–H groups in total. The zero-order valence-corrected chi connectivity index (χ0v) is 10.5. The van der Waals surface area contributed by atoms with Crippen LogP contribution in [0.4, 0.5) is 0 Å². The molecule has 0 aliphatic heterocycles. The van der Waals surface area contributed by atoms with Gasteiger partial charge in [-0.1, -0.05) is 45.9 Å². The first kappa shape index (κ1) is 11.1. The summed E-state index contributed by atoms with van der Waals surface area (Å²) >= 11 is 0. The third-order valence-electron chi connectivity index (χ3n) is 3.03. The normalized spacial score (nSPS) is 11.6. The van der Waals surface area contributed by atoms with Crippen molar-refractivity contribution < 1.29 is 0 Å².